The van der Waals surface area contributed by atoms with Gasteiger partial charge in [0, 0.05) is 80.3 Å². The van der Waals surface area contributed by atoms with Crippen molar-refractivity contribution in [3.05, 3.63) is 53.3 Å². The highest BCUT2D eigenvalue weighted by atomic mass is 16.7. The van der Waals surface area contributed by atoms with E-state index < -0.39 is 89.6 Å². The molecule has 2 amide bonds. The number of amides is 2. The fraction of sp³-hybridized carbons (Fsp3) is 0.535. The van der Waals surface area contributed by atoms with Gasteiger partial charge in [-0.25, -0.2) is 0 Å². The molecule has 2 aromatic rings. The van der Waals surface area contributed by atoms with Crippen LogP contribution in [0, 0.1) is 30.6 Å². The van der Waals surface area contributed by atoms with Crippen LogP contribution in [-0.4, -0.2) is 106 Å². The summed E-state index contributed by atoms with van der Waals surface area (Å²) in [4.78, 5) is 54.9. The summed E-state index contributed by atoms with van der Waals surface area (Å²) in [5.74, 6) is -8.01. The molecule has 3 heterocycles. The quantitative estimate of drug-likeness (QED) is 0.178. The van der Waals surface area contributed by atoms with Crippen molar-refractivity contribution in [2.24, 2.45) is 23.7 Å². The number of phenolic OH excluding ortho intramolecular Hbond substituents is 2. The van der Waals surface area contributed by atoms with Crippen LogP contribution >= 0.6 is 0 Å². The van der Waals surface area contributed by atoms with Gasteiger partial charge < -0.3 is 54.3 Å². The predicted molar refractivity (Wildman–Crippen MR) is 216 cm³/mol. The molecule has 318 valence electrons. The number of ether oxygens (including phenoxy) is 5. The van der Waals surface area contributed by atoms with Crippen LogP contribution in [0.3, 0.4) is 0 Å². The second-order valence-corrected chi connectivity index (χ2v) is 15.3. The maximum atomic E-state index is 14.4. The first kappa shape index (κ1) is 45.6. The van der Waals surface area contributed by atoms with Gasteiger partial charge in [-0.05, 0) is 33.8 Å². The molecule has 0 spiro atoms. The Morgan fingerprint density at radius 1 is 0.948 bits per heavy atom. The molecule has 9 atom stereocenters. The number of carbonyl (C=O) groups excluding carboxylic acids is 4. The van der Waals surface area contributed by atoms with Gasteiger partial charge in [-0.15, -0.1) is 0 Å². The molecule has 0 saturated heterocycles. The van der Waals surface area contributed by atoms with Gasteiger partial charge in [0.2, 0.25) is 0 Å². The molecule has 15 heteroatoms. The molecule has 5 rings (SSSR count). The molecule has 3 aliphatic rings. The van der Waals surface area contributed by atoms with Crippen LogP contribution < -0.4 is 14.8 Å². The molecule has 0 radical (unpaired) electrons. The van der Waals surface area contributed by atoms with Gasteiger partial charge in [-0.1, -0.05) is 45.9 Å². The molecule has 9 unspecified atom stereocenters. The van der Waals surface area contributed by atoms with Crippen LogP contribution in [0.4, 0.5) is 5.69 Å². The standard InChI is InChI=1S/C43H58N2O13/c1-12-45(13-2)31(47)20-55-30-19-28-38(51)33-32(30)34-40(26(8)37(33)50)58-43(10,41(34)52)56-18-17-29(54-11)23(5)39(57-27(9)46)25(7)36(49)24(6)35(48)21(3)15-14-16-22(4)42(53)44-28/h14-19,21,23-25,29,35-36,39,48-51H,12-13,20H2,1-11H3,(H,44,53)/b15-14-,18-17-,22-16+. The number of phenols is 2. The van der Waals surface area contributed by atoms with Gasteiger partial charge in [0.15, 0.2) is 12.4 Å². The number of esters is 1. The topological polar surface area (TPSA) is 211 Å². The smallest absolute Gasteiger partial charge is 0.312 e. The molecule has 0 saturated carbocycles. The highest BCUT2D eigenvalue weighted by molar-refractivity contribution is 6.21. The Morgan fingerprint density at radius 2 is 1.60 bits per heavy atom. The normalized spacial score (nSPS) is 30.1. The molecule has 2 aromatic carbocycles. The zero-order valence-corrected chi connectivity index (χ0v) is 35.1. The first-order valence-electron chi connectivity index (χ1n) is 19.5. The first-order valence-corrected chi connectivity index (χ1v) is 19.5. The van der Waals surface area contributed by atoms with E-state index in [4.69, 9.17) is 23.7 Å². The first-order chi connectivity index (χ1) is 27.2. The number of fused-ring (bicyclic) bond motifs is 14. The molecular weight excluding hydrogens is 752 g/mol. The van der Waals surface area contributed by atoms with E-state index in [0.717, 1.165) is 0 Å². The molecule has 0 aromatic heterocycles. The number of Topliss-reactive ketones (excluding diaryl/α,β-unsaturated/α-hetero) is 1. The summed E-state index contributed by atoms with van der Waals surface area (Å²) in [5, 5.41) is 48.4. The monoisotopic (exact) mass is 810 g/mol. The van der Waals surface area contributed by atoms with Crippen LogP contribution in [0.25, 0.3) is 10.8 Å². The molecule has 3 aliphatic heterocycles. The molecule has 15 nitrogen and oxygen atoms in total. The molecule has 58 heavy (non-hydrogen) atoms. The Bertz CT molecular complexity index is 1990. The van der Waals surface area contributed by atoms with Crippen LogP contribution in [0.2, 0.25) is 0 Å². The Labute approximate surface area is 339 Å². The van der Waals surface area contributed by atoms with E-state index in [0.29, 0.717) is 13.1 Å². The number of hydrogen-bond acceptors (Lipinski definition) is 13. The molecule has 0 fully saturated rings. The average molecular weight is 811 g/mol. The number of nitrogens with zero attached hydrogens (tertiary/aromatic N) is 1. The third-order valence-electron chi connectivity index (χ3n) is 11.3. The number of ketones is 1. The SMILES string of the molecule is CCN(CC)C(=O)COc1cc2c(O)c3c(O)c(C)c4c(c13)C(=O)C(C)(O/C=C\C(OC)C(C)C(OC(C)=O)C(C)C(O)C(C)C(O)C(C)/C=C\C=C(/C)C(=O)N2)O4. The Hall–Kier alpha value is -5.12. The van der Waals surface area contributed by atoms with Crippen LogP contribution in [-0.2, 0) is 28.6 Å². The number of anilines is 1. The van der Waals surface area contributed by atoms with E-state index in [2.05, 4.69) is 5.32 Å². The summed E-state index contributed by atoms with van der Waals surface area (Å²) >= 11 is 0. The van der Waals surface area contributed by atoms with Gasteiger partial charge in [0.05, 0.1) is 41.2 Å². The van der Waals surface area contributed by atoms with Crippen LogP contribution in [0.15, 0.2) is 42.2 Å². The third kappa shape index (κ3) is 9.11. The van der Waals surface area contributed by atoms with E-state index in [1.54, 1.807) is 44.7 Å². The van der Waals surface area contributed by atoms with Crippen LogP contribution in [0.5, 0.6) is 23.0 Å². The number of hydrogen-bond donors (Lipinski definition) is 5. The minimum Gasteiger partial charge on any atom is -0.507 e. The van der Waals surface area contributed by atoms with Crippen molar-refractivity contribution in [1.29, 1.82) is 0 Å². The van der Waals surface area contributed by atoms with Gasteiger partial charge in [-0.3, -0.25) is 19.2 Å². The highest BCUT2D eigenvalue weighted by Crippen LogP contribution is 2.54. The number of aliphatic hydroxyl groups is 2. The van der Waals surface area contributed by atoms with E-state index in [1.165, 1.54) is 59.3 Å². The van der Waals surface area contributed by atoms with Crippen molar-refractivity contribution in [3.8, 4) is 23.0 Å². The number of methoxy groups -OCH3 is 1. The van der Waals surface area contributed by atoms with Crippen LogP contribution in [0.1, 0.15) is 78.2 Å². The summed E-state index contributed by atoms with van der Waals surface area (Å²) in [5.41, 5.74) is -0.00860. The fourth-order valence-corrected chi connectivity index (χ4v) is 7.56. The Kier molecular flexibility index (Phi) is 14.6. The number of allylic oxidation sites excluding steroid dienone is 2. The average Bonchev–Trinajstić information content (AvgIpc) is 3.45. The Morgan fingerprint density at radius 3 is 2.21 bits per heavy atom. The molecule has 5 bridgehead atoms. The van der Waals surface area contributed by atoms with E-state index in [-0.39, 0.29) is 50.6 Å². The minimum absolute atomic E-state index is 0.0574. The summed E-state index contributed by atoms with van der Waals surface area (Å²) in [6, 6.07) is 1.27. The van der Waals surface area contributed by atoms with Crippen molar-refractivity contribution in [1.82, 2.24) is 4.90 Å². The number of benzene rings is 2. The lowest BCUT2D eigenvalue weighted by molar-refractivity contribution is -0.160. The van der Waals surface area contributed by atoms with Crippen molar-refractivity contribution in [3.63, 3.8) is 0 Å². The molecule has 5 N–H and O–H groups in total. The zero-order chi connectivity index (χ0) is 43.4. The minimum atomic E-state index is -2.02. The highest BCUT2D eigenvalue weighted by Gasteiger charge is 2.49. The summed E-state index contributed by atoms with van der Waals surface area (Å²) < 4.78 is 29.7. The number of carbonyl (C=O) groups is 4. The second kappa shape index (κ2) is 18.6. The van der Waals surface area contributed by atoms with E-state index in [1.807, 2.05) is 13.8 Å². The number of likely N-dealkylation sites (N-methyl/N-ethyl adjacent to an activating group) is 1. The summed E-state index contributed by atoms with van der Waals surface area (Å²) in [6.45, 7) is 16.5. The summed E-state index contributed by atoms with van der Waals surface area (Å²) in [7, 11) is 1.44. The van der Waals surface area contributed by atoms with E-state index in [9.17, 15) is 39.6 Å². The molecule has 0 aliphatic carbocycles. The number of aromatic hydroxyl groups is 2. The number of nitrogens with one attached hydrogen (secondary N) is 1. The third-order valence-corrected chi connectivity index (χ3v) is 11.3. The lowest BCUT2D eigenvalue weighted by Crippen LogP contribution is -2.46. The number of rotatable bonds is 7. The Balaban J connectivity index is 1.94. The summed E-state index contributed by atoms with van der Waals surface area (Å²) in [6.07, 6.45) is 3.60. The fourth-order valence-electron chi connectivity index (χ4n) is 7.56. The number of aliphatic hydroxyl groups excluding tert-OH is 2. The van der Waals surface area contributed by atoms with E-state index >= 15 is 0 Å². The van der Waals surface area contributed by atoms with Gasteiger partial charge in [-0.2, -0.15) is 0 Å². The van der Waals surface area contributed by atoms with Crippen molar-refractivity contribution in [2.45, 2.75) is 99.4 Å². The zero-order valence-electron chi connectivity index (χ0n) is 35.1. The van der Waals surface area contributed by atoms with Crippen molar-refractivity contribution >= 4 is 40.0 Å². The largest absolute Gasteiger partial charge is 0.507 e. The van der Waals surface area contributed by atoms with Gasteiger partial charge >= 0.3 is 11.8 Å². The second-order valence-electron chi connectivity index (χ2n) is 15.3. The van der Waals surface area contributed by atoms with Gasteiger partial charge in [0.1, 0.15) is 23.4 Å². The predicted octanol–water partition coefficient (Wildman–Crippen LogP) is 5.30. The van der Waals surface area contributed by atoms with Gasteiger partial charge in [0.25, 0.3) is 17.6 Å². The van der Waals surface area contributed by atoms with Crippen molar-refractivity contribution in [2.75, 3.05) is 32.1 Å². The maximum absolute atomic E-state index is 14.4. The lowest BCUT2D eigenvalue weighted by Gasteiger charge is -2.38. The van der Waals surface area contributed by atoms with Crippen molar-refractivity contribution < 1.29 is 63.3 Å². The molecular formula is C43H58N2O13. The maximum Gasteiger partial charge on any atom is 0.312 e. The lowest BCUT2D eigenvalue weighted by atomic mass is 9.78.